The van der Waals surface area contributed by atoms with Crippen molar-refractivity contribution in [1.82, 2.24) is 14.7 Å². The van der Waals surface area contributed by atoms with Gasteiger partial charge in [-0.25, -0.2) is 4.39 Å². The number of halogens is 1. The molecular weight excluding hydrogens is 401 g/mol. The van der Waals surface area contributed by atoms with E-state index in [4.69, 9.17) is 11.3 Å². The van der Waals surface area contributed by atoms with Gasteiger partial charge in [-0.3, -0.25) is 14.5 Å². The number of hydrogen-bond acceptors (Lipinski definition) is 5. The summed E-state index contributed by atoms with van der Waals surface area (Å²) < 4.78 is 13.0. The highest BCUT2D eigenvalue weighted by Crippen LogP contribution is 2.21. The monoisotopic (exact) mass is 431 g/mol. The summed E-state index contributed by atoms with van der Waals surface area (Å²) in [5.41, 5.74) is 15.7. The zero-order valence-electron chi connectivity index (χ0n) is 17.9. The predicted octanol–water partition coefficient (Wildman–Crippen LogP) is 1.88. The second-order valence-electron chi connectivity index (χ2n) is 8.36. The zero-order chi connectivity index (χ0) is 22.4. The maximum atomic E-state index is 13.0. The Bertz CT molecular complexity index is 820. The number of azide groups is 1. The molecule has 2 amide bonds. The number of carbonyl (C=O) groups excluding carboxylic acids is 2. The molecule has 168 valence electrons. The molecule has 0 aromatic heterocycles. The molecule has 3 rings (SSSR count). The van der Waals surface area contributed by atoms with Crippen molar-refractivity contribution in [3.63, 3.8) is 0 Å². The van der Waals surface area contributed by atoms with Gasteiger partial charge >= 0.3 is 0 Å². The van der Waals surface area contributed by atoms with Crippen LogP contribution in [0.25, 0.3) is 10.4 Å². The smallest absolute Gasteiger partial charge is 0.239 e. The van der Waals surface area contributed by atoms with E-state index in [1.165, 1.54) is 12.1 Å². The highest BCUT2D eigenvalue weighted by molar-refractivity contribution is 5.83. The van der Waals surface area contributed by atoms with Gasteiger partial charge in [-0.1, -0.05) is 17.2 Å². The second kappa shape index (κ2) is 10.6. The molecule has 9 nitrogen and oxygen atoms in total. The largest absolute Gasteiger partial charge is 0.340 e. The topological polar surface area (TPSA) is 119 Å². The Morgan fingerprint density at radius 3 is 2.58 bits per heavy atom. The molecule has 2 N–H and O–H groups in total. The molecule has 1 aromatic carbocycles. The minimum absolute atomic E-state index is 0.00566. The van der Waals surface area contributed by atoms with Gasteiger partial charge < -0.3 is 15.5 Å². The van der Waals surface area contributed by atoms with Gasteiger partial charge in [0.05, 0.1) is 12.1 Å². The van der Waals surface area contributed by atoms with Crippen LogP contribution in [0.2, 0.25) is 0 Å². The van der Waals surface area contributed by atoms with Gasteiger partial charge in [0.25, 0.3) is 0 Å². The maximum Gasteiger partial charge on any atom is 0.239 e. The van der Waals surface area contributed by atoms with E-state index in [0.29, 0.717) is 32.5 Å². The van der Waals surface area contributed by atoms with E-state index in [-0.39, 0.29) is 36.1 Å². The Hall–Kier alpha value is -2.68. The third-order valence-corrected chi connectivity index (χ3v) is 6.08. The van der Waals surface area contributed by atoms with Crippen LogP contribution in [0.1, 0.15) is 31.7 Å². The maximum absolute atomic E-state index is 13.0. The average molecular weight is 432 g/mol. The molecule has 0 bridgehead atoms. The predicted molar refractivity (Wildman–Crippen MR) is 114 cm³/mol. The van der Waals surface area contributed by atoms with E-state index in [9.17, 15) is 14.0 Å². The van der Waals surface area contributed by atoms with Crippen molar-refractivity contribution in [1.29, 1.82) is 0 Å². The molecule has 31 heavy (non-hydrogen) atoms. The zero-order valence-corrected chi connectivity index (χ0v) is 17.9. The molecule has 2 heterocycles. The van der Waals surface area contributed by atoms with Gasteiger partial charge in [0.2, 0.25) is 11.8 Å². The average Bonchev–Trinajstić information content (AvgIpc) is 3.13. The fourth-order valence-electron chi connectivity index (χ4n) is 4.24. The van der Waals surface area contributed by atoms with E-state index in [1.54, 1.807) is 17.0 Å². The highest BCUT2D eigenvalue weighted by Gasteiger charge is 2.34. The van der Waals surface area contributed by atoms with Crippen molar-refractivity contribution in [2.24, 2.45) is 10.8 Å². The van der Waals surface area contributed by atoms with Crippen LogP contribution in [0.4, 0.5) is 4.39 Å². The van der Waals surface area contributed by atoms with E-state index < -0.39 is 6.04 Å². The number of hydrogen-bond donors (Lipinski definition) is 1. The van der Waals surface area contributed by atoms with E-state index in [0.717, 1.165) is 25.2 Å². The molecular formula is C21H30FN7O2. The SMILES string of the molecule is CC1CC(N=[N+]=[N-])CN1C(=O)C(N)CCC(=O)N1CCN(Cc2ccc(F)cc2)CC1. The highest BCUT2D eigenvalue weighted by atomic mass is 19.1. The first-order valence-corrected chi connectivity index (χ1v) is 10.7. The first-order valence-electron chi connectivity index (χ1n) is 10.7. The van der Waals surface area contributed by atoms with Gasteiger partial charge in [0.15, 0.2) is 0 Å². The summed E-state index contributed by atoms with van der Waals surface area (Å²) in [6.45, 7) is 5.77. The van der Waals surface area contributed by atoms with Crippen LogP contribution in [-0.2, 0) is 16.1 Å². The number of piperazine rings is 1. The summed E-state index contributed by atoms with van der Waals surface area (Å²) in [7, 11) is 0. The Morgan fingerprint density at radius 2 is 1.94 bits per heavy atom. The molecule has 2 fully saturated rings. The van der Waals surface area contributed by atoms with Gasteiger partial charge in [-0.05, 0) is 43.0 Å². The summed E-state index contributed by atoms with van der Waals surface area (Å²) in [4.78, 5) is 33.8. The number of likely N-dealkylation sites (tertiary alicyclic amines) is 1. The van der Waals surface area contributed by atoms with Gasteiger partial charge in [0, 0.05) is 56.6 Å². The van der Waals surface area contributed by atoms with Crippen molar-refractivity contribution in [2.45, 2.75) is 50.9 Å². The number of rotatable bonds is 7. The first kappa shape index (κ1) is 23.0. The lowest BCUT2D eigenvalue weighted by molar-refractivity contribution is -0.135. The lowest BCUT2D eigenvalue weighted by Crippen LogP contribution is -2.49. The Kier molecular flexibility index (Phi) is 7.84. The molecule has 0 aliphatic carbocycles. The van der Waals surface area contributed by atoms with Crippen LogP contribution in [0, 0.1) is 5.82 Å². The molecule has 3 unspecified atom stereocenters. The van der Waals surface area contributed by atoms with E-state index in [2.05, 4.69) is 14.9 Å². The standard InChI is InChI=1S/C21H30FN7O2/c1-15-12-18(25-26-24)14-29(15)21(31)19(23)6-7-20(30)28-10-8-27(9-11-28)13-16-2-4-17(22)5-3-16/h2-5,15,18-19H,6-14,23H2,1H3. The molecule has 10 heteroatoms. The minimum Gasteiger partial charge on any atom is -0.340 e. The minimum atomic E-state index is -0.740. The molecule has 2 saturated heterocycles. The summed E-state index contributed by atoms with van der Waals surface area (Å²) in [5.74, 6) is -0.434. The van der Waals surface area contributed by atoms with Crippen LogP contribution < -0.4 is 5.73 Å². The quantitative estimate of drug-likeness (QED) is 0.403. The summed E-state index contributed by atoms with van der Waals surface area (Å²) >= 11 is 0. The normalized spacial score (nSPS) is 22.8. The van der Waals surface area contributed by atoms with Crippen molar-refractivity contribution in [2.75, 3.05) is 32.7 Å². The molecule has 0 spiro atoms. The van der Waals surface area contributed by atoms with Crippen molar-refractivity contribution in [3.05, 3.63) is 46.1 Å². The molecule has 2 aliphatic heterocycles. The van der Waals surface area contributed by atoms with Crippen LogP contribution in [0.3, 0.4) is 0 Å². The Labute approximate surface area is 181 Å². The van der Waals surface area contributed by atoms with Crippen LogP contribution >= 0.6 is 0 Å². The lowest BCUT2D eigenvalue weighted by atomic mass is 10.1. The lowest BCUT2D eigenvalue weighted by Gasteiger charge is -2.35. The third-order valence-electron chi connectivity index (χ3n) is 6.08. The van der Waals surface area contributed by atoms with Crippen LogP contribution in [0.5, 0.6) is 0 Å². The molecule has 3 atom stereocenters. The van der Waals surface area contributed by atoms with Crippen LogP contribution in [-0.4, -0.2) is 77.4 Å². The fraction of sp³-hybridized carbons (Fsp3) is 0.619. The first-order chi connectivity index (χ1) is 14.9. The molecule has 0 saturated carbocycles. The summed E-state index contributed by atoms with van der Waals surface area (Å²) in [6.07, 6.45) is 1.15. The second-order valence-corrected chi connectivity index (χ2v) is 8.36. The van der Waals surface area contributed by atoms with Gasteiger partial charge in [-0.2, -0.15) is 0 Å². The summed E-state index contributed by atoms with van der Waals surface area (Å²) in [6, 6.07) is 5.49. The van der Waals surface area contributed by atoms with E-state index in [1.807, 2.05) is 11.8 Å². The van der Waals surface area contributed by atoms with E-state index >= 15 is 0 Å². The number of amides is 2. The van der Waals surface area contributed by atoms with Crippen molar-refractivity contribution >= 4 is 11.8 Å². The van der Waals surface area contributed by atoms with Crippen LogP contribution in [0.15, 0.2) is 29.4 Å². The Balaban J connectivity index is 1.40. The molecule has 2 aliphatic rings. The van der Waals surface area contributed by atoms with Crippen molar-refractivity contribution in [3.8, 4) is 0 Å². The number of benzene rings is 1. The van der Waals surface area contributed by atoms with Gasteiger partial charge in [0.1, 0.15) is 5.82 Å². The van der Waals surface area contributed by atoms with Gasteiger partial charge in [-0.15, -0.1) is 0 Å². The Morgan fingerprint density at radius 1 is 1.26 bits per heavy atom. The third kappa shape index (κ3) is 6.16. The van der Waals surface area contributed by atoms with Crippen molar-refractivity contribution < 1.29 is 14.0 Å². The molecule has 1 aromatic rings. The number of carbonyl (C=O) groups is 2. The summed E-state index contributed by atoms with van der Waals surface area (Å²) in [5, 5.41) is 3.70. The fourth-order valence-corrected chi connectivity index (χ4v) is 4.24. The number of nitrogens with zero attached hydrogens (tertiary/aromatic N) is 6. The number of nitrogens with two attached hydrogens (primary N) is 1. The molecule has 0 radical (unpaired) electrons.